The van der Waals surface area contributed by atoms with E-state index in [0.29, 0.717) is 13.2 Å². The molecule has 112 valence electrons. The van der Waals surface area contributed by atoms with Crippen LogP contribution in [0.5, 0.6) is 0 Å². The number of likely N-dealkylation sites (tertiary alicyclic amines) is 1. The van der Waals surface area contributed by atoms with Crippen molar-refractivity contribution in [2.75, 3.05) is 19.8 Å². The fourth-order valence-corrected chi connectivity index (χ4v) is 2.22. The molecule has 1 heterocycles. The fourth-order valence-electron chi connectivity index (χ4n) is 2.22. The van der Waals surface area contributed by atoms with Gasteiger partial charge in [-0.05, 0) is 47.5 Å². The fraction of sp³-hybridized carbons (Fsp3) is 0.929. The number of carbonyl (C=O) groups excluding carboxylic acids is 1. The number of rotatable bonds is 4. The maximum atomic E-state index is 12.2. The molecule has 0 radical (unpaired) electrons. The van der Waals surface area contributed by atoms with Crippen LogP contribution in [-0.2, 0) is 9.47 Å². The van der Waals surface area contributed by atoms with Crippen molar-refractivity contribution < 1.29 is 19.4 Å². The van der Waals surface area contributed by atoms with Gasteiger partial charge >= 0.3 is 6.09 Å². The largest absolute Gasteiger partial charge is 0.444 e. The van der Waals surface area contributed by atoms with Crippen LogP contribution in [0.15, 0.2) is 0 Å². The van der Waals surface area contributed by atoms with Gasteiger partial charge in [0.15, 0.2) is 0 Å². The second kappa shape index (κ2) is 6.09. The minimum atomic E-state index is -0.632. The third-order valence-corrected chi connectivity index (χ3v) is 3.19. The van der Waals surface area contributed by atoms with Crippen LogP contribution in [0.1, 0.15) is 47.5 Å². The van der Waals surface area contributed by atoms with E-state index in [9.17, 15) is 9.90 Å². The lowest BCUT2D eigenvalue weighted by molar-refractivity contribution is -0.0498. The average molecular weight is 273 g/mol. The first kappa shape index (κ1) is 16.2. The first-order valence-corrected chi connectivity index (χ1v) is 6.93. The number of carbonyl (C=O) groups is 1. The quantitative estimate of drug-likeness (QED) is 0.853. The van der Waals surface area contributed by atoms with Crippen LogP contribution in [0.3, 0.4) is 0 Å². The van der Waals surface area contributed by atoms with Crippen LogP contribution in [0.4, 0.5) is 4.79 Å². The number of nitrogens with zero attached hydrogens (tertiary/aromatic N) is 1. The molecule has 1 rings (SSSR count). The monoisotopic (exact) mass is 273 g/mol. The summed E-state index contributed by atoms with van der Waals surface area (Å²) in [5.74, 6) is 0. The average Bonchev–Trinajstić information content (AvgIpc) is 2.68. The zero-order valence-corrected chi connectivity index (χ0v) is 12.7. The molecule has 0 bridgehead atoms. The Balaban J connectivity index is 2.76. The Morgan fingerprint density at radius 3 is 2.53 bits per heavy atom. The van der Waals surface area contributed by atoms with E-state index in [0.717, 1.165) is 12.8 Å². The van der Waals surface area contributed by atoms with Crippen molar-refractivity contribution in [3.63, 3.8) is 0 Å². The number of aliphatic hydroxyl groups is 1. The number of hydrogen-bond donors (Lipinski definition) is 1. The van der Waals surface area contributed by atoms with Gasteiger partial charge in [0.2, 0.25) is 0 Å². The molecule has 1 fully saturated rings. The summed E-state index contributed by atoms with van der Waals surface area (Å²) in [5, 5.41) is 9.72. The zero-order chi connectivity index (χ0) is 14.7. The lowest BCUT2D eigenvalue weighted by Gasteiger charge is -2.38. The summed E-state index contributed by atoms with van der Waals surface area (Å²) >= 11 is 0. The summed E-state index contributed by atoms with van der Waals surface area (Å²) in [5.41, 5.74) is -1.16. The SMILES string of the molecule is CC(C)OCC1(CO)CCCN1C(=O)OC(C)(C)C. The second-order valence-electron chi connectivity index (χ2n) is 6.48. The normalized spacial score (nSPS) is 24.1. The first-order chi connectivity index (χ1) is 8.70. The molecule has 1 atom stereocenters. The predicted octanol–water partition coefficient (Wildman–Crippen LogP) is 2.17. The lowest BCUT2D eigenvalue weighted by Crippen LogP contribution is -2.54. The molecular formula is C14H27NO4. The number of hydrogen-bond acceptors (Lipinski definition) is 4. The van der Waals surface area contributed by atoms with Crippen LogP contribution in [0.2, 0.25) is 0 Å². The molecule has 1 saturated heterocycles. The van der Waals surface area contributed by atoms with E-state index in [4.69, 9.17) is 9.47 Å². The molecule has 1 unspecified atom stereocenters. The molecular weight excluding hydrogens is 246 g/mol. The maximum Gasteiger partial charge on any atom is 0.410 e. The van der Waals surface area contributed by atoms with E-state index >= 15 is 0 Å². The topological polar surface area (TPSA) is 59.0 Å². The van der Waals surface area contributed by atoms with Gasteiger partial charge in [-0.15, -0.1) is 0 Å². The van der Waals surface area contributed by atoms with Crippen molar-refractivity contribution in [1.82, 2.24) is 4.90 Å². The van der Waals surface area contributed by atoms with Crippen molar-refractivity contribution in [3.8, 4) is 0 Å². The summed E-state index contributed by atoms with van der Waals surface area (Å²) in [6.45, 7) is 10.3. The van der Waals surface area contributed by atoms with Crippen LogP contribution >= 0.6 is 0 Å². The van der Waals surface area contributed by atoms with E-state index in [-0.39, 0.29) is 18.8 Å². The van der Waals surface area contributed by atoms with Gasteiger partial charge in [-0.3, -0.25) is 4.90 Å². The van der Waals surface area contributed by atoms with Crippen LogP contribution in [0.25, 0.3) is 0 Å². The highest BCUT2D eigenvalue weighted by molar-refractivity contribution is 5.69. The predicted molar refractivity (Wildman–Crippen MR) is 73.1 cm³/mol. The smallest absolute Gasteiger partial charge is 0.410 e. The molecule has 1 N–H and O–H groups in total. The van der Waals surface area contributed by atoms with E-state index < -0.39 is 11.1 Å². The van der Waals surface area contributed by atoms with Gasteiger partial charge in [0.1, 0.15) is 5.60 Å². The van der Waals surface area contributed by atoms with Crippen molar-refractivity contribution in [2.45, 2.75) is 64.7 Å². The van der Waals surface area contributed by atoms with Gasteiger partial charge in [-0.2, -0.15) is 0 Å². The van der Waals surface area contributed by atoms with Gasteiger partial charge in [-0.1, -0.05) is 0 Å². The van der Waals surface area contributed by atoms with E-state index in [1.54, 1.807) is 4.90 Å². The van der Waals surface area contributed by atoms with Crippen molar-refractivity contribution >= 4 is 6.09 Å². The number of ether oxygens (including phenoxy) is 2. The first-order valence-electron chi connectivity index (χ1n) is 6.93. The number of amides is 1. The number of aliphatic hydroxyl groups excluding tert-OH is 1. The molecule has 5 heteroatoms. The van der Waals surface area contributed by atoms with E-state index in [1.807, 2.05) is 34.6 Å². The molecule has 0 aromatic carbocycles. The van der Waals surface area contributed by atoms with Crippen LogP contribution < -0.4 is 0 Å². The summed E-state index contributed by atoms with van der Waals surface area (Å²) in [7, 11) is 0. The molecule has 0 aliphatic carbocycles. The minimum Gasteiger partial charge on any atom is -0.444 e. The van der Waals surface area contributed by atoms with Gasteiger partial charge in [0.25, 0.3) is 0 Å². The third kappa shape index (κ3) is 4.35. The van der Waals surface area contributed by atoms with Crippen molar-refractivity contribution in [2.24, 2.45) is 0 Å². The molecule has 5 nitrogen and oxygen atoms in total. The highest BCUT2D eigenvalue weighted by Gasteiger charge is 2.45. The second-order valence-corrected chi connectivity index (χ2v) is 6.48. The van der Waals surface area contributed by atoms with Crippen molar-refractivity contribution in [3.05, 3.63) is 0 Å². The minimum absolute atomic E-state index is 0.0736. The molecule has 0 saturated carbocycles. The van der Waals surface area contributed by atoms with Gasteiger partial charge in [0.05, 0.1) is 24.9 Å². The van der Waals surface area contributed by atoms with E-state index in [1.165, 1.54) is 0 Å². The standard InChI is InChI=1S/C14H27NO4/c1-11(2)18-10-14(9-16)7-6-8-15(14)12(17)19-13(3,4)5/h11,16H,6-10H2,1-5H3. The summed E-state index contributed by atoms with van der Waals surface area (Å²) in [6, 6.07) is 0. The molecule has 0 spiro atoms. The van der Waals surface area contributed by atoms with Gasteiger partial charge in [-0.25, -0.2) is 4.79 Å². The van der Waals surface area contributed by atoms with E-state index in [2.05, 4.69) is 0 Å². The molecule has 0 aromatic rings. The van der Waals surface area contributed by atoms with Crippen LogP contribution in [-0.4, -0.2) is 53.1 Å². The Bertz CT molecular complexity index is 311. The Morgan fingerprint density at radius 1 is 1.42 bits per heavy atom. The molecule has 1 amide bonds. The molecule has 1 aliphatic heterocycles. The highest BCUT2D eigenvalue weighted by atomic mass is 16.6. The lowest BCUT2D eigenvalue weighted by atomic mass is 9.98. The Kier molecular flexibility index (Phi) is 5.21. The van der Waals surface area contributed by atoms with Gasteiger partial charge in [0, 0.05) is 6.54 Å². The molecule has 1 aliphatic rings. The van der Waals surface area contributed by atoms with Gasteiger partial charge < -0.3 is 14.6 Å². The Hall–Kier alpha value is -0.810. The highest BCUT2D eigenvalue weighted by Crippen LogP contribution is 2.31. The zero-order valence-electron chi connectivity index (χ0n) is 12.7. The maximum absolute atomic E-state index is 12.2. The molecule has 0 aromatic heterocycles. The summed E-state index contributed by atoms with van der Waals surface area (Å²) in [4.78, 5) is 13.8. The van der Waals surface area contributed by atoms with Crippen LogP contribution in [0, 0.1) is 0 Å². The van der Waals surface area contributed by atoms with Crippen molar-refractivity contribution in [1.29, 1.82) is 0 Å². The third-order valence-electron chi connectivity index (χ3n) is 3.19. The summed E-state index contributed by atoms with van der Waals surface area (Å²) < 4.78 is 11.0. The molecule has 19 heavy (non-hydrogen) atoms. The Morgan fingerprint density at radius 2 is 2.05 bits per heavy atom. The summed E-state index contributed by atoms with van der Waals surface area (Å²) in [6.07, 6.45) is 1.31. The Labute approximate surface area is 115 Å².